The van der Waals surface area contributed by atoms with Crippen LogP contribution in [0.2, 0.25) is 0 Å². The Labute approximate surface area is 112 Å². The standard InChI is InChI=1S/C13H11BrN2O2/c1-8(17)11-7-12(15-16(2)13(11)18)9-3-5-10(14)6-4-9/h3-7H,1-2H3. The average Bonchev–Trinajstić information content (AvgIpc) is 2.33. The van der Waals surface area contributed by atoms with Crippen LogP contribution in [0.4, 0.5) is 0 Å². The number of ketones is 1. The molecule has 0 aliphatic carbocycles. The van der Waals surface area contributed by atoms with Crippen LogP contribution >= 0.6 is 15.9 Å². The van der Waals surface area contributed by atoms with E-state index in [4.69, 9.17) is 0 Å². The molecular weight excluding hydrogens is 296 g/mol. The van der Waals surface area contributed by atoms with Gasteiger partial charge in [-0.1, -0.05) is 28.1 Å². The highest BCUT2D eigenvalue weighted by Crippen LogP contribution is 2.19. The predicted molar refractivity (Wildman–Crippen MR) is 72.6 cm³/mol. The summed E-state index contributed by atoms with van der Waals surface area (Å²) in [6.45, 7) is 1.38. The molecule has 0 N–H and O–H groups in total. The lowest BCUT2D eigenvalue weighted by molar-refractivity contribution is 0.101. The molecule has 4 nitrogen and oxygen atoms in total. The first-order valence-electron chi connectivity index (χ1n) is 5.34. The number of aromatic nitrogens is 2. The van der Waals surface area contributed by atoms with Crippen molar-refractivity contribution in [1.29, 1.82) is 0 Å². The average molecular weight is 307 g/mol. The molecule has 0 bridgehead atoms. The second kappa shape index (κ2) is 4.86. The Balaban J connectivity index is 2.62. The van der Waals surface area contributed by atoms with Crippen LogP contribution in [-0.4, -0.2) is 15.6 Å². The summed E-state index contributed by atoms with van der Waals surface area (Å²) in [6.07, 6.45) is 0. The molecule has 0 atom stereocenters. The summed E-state index contributed by atoms with van der Waals surface area (Å²) in [6, 6.07) is 9.06. The molecule has 5 heteroatoms. The smallest absolute Gasteiger partial charge is 0.277 e. The molecule has 18 heavy (non-hydrogen) atoms. The van der Waals surface area contributed by atoms with Crippen LogP contribution in [0.15, 0.2) is 39.6 Å². The molecule has 0 saturated heterocycles. The highest BCUT2D eigenvalue weighted by Gasteiger charge is 2.11. The molecule has 0 unspecified atom stereocenters. The van der Waals surface area contributed by atoms with Gasteiger partial charge in [0.25, 0.3) is 5.56 Å². The van der Waals surface area contributed by atoms with E-state index in [2.05, 4.69) is 21.0 Å². The Morgan fingerprint density at radius 2 is 1.89 bits per heavy atom. The van der Waals surface area contributed by atoms with E-state index in [0.717, 1.165) is 10.0 Å². The Morgan fingerprint density at radius 3 is 2.44 bits per heavy atom. The second-order valence-corrected chi connectivity index (χ2v) is 4.85. The van der Waals surface area contributed by atoms with Crippen LogP contribution in [-0.2, 0) is 7.05 Å². The van der Waals surface area contributed by atoms with E-state index < -0.39 is 0 Å². The Bertz CT molecular complexity index is 660. The summed E-state index contributed by atoms with van der Waals surface area (Å²) >= 11 is 3.35. The lowest BCUT2D eigenvalue weighted by Gasteiger charge is -2.05. The number of carbonyl (C=O) groups is 1. The van der Waals surface area contributed by atoms with Crippen LogP contribution in [0.25, 0.3) is 11.3 Å². The van der Waals surface area contributed by atoms with Crippen molar-refractivity contribution in [2.45, 2.75) is 6.92 Å². The Morgan fingerprint density at radius 1 is 1.28 bits per heavy atom. The van der Waals surface area contributed by atoms with E-state index in [1.807, 2.05) is 24.3 Å². The number of carbonyl (C=O) groups excluding carboxylic acids is 1. The van der Waals surface area contributed by atoms with Crippen molar-refractivity contribution in [1.82, 2.24) is 9.78 Å². The molecule has 0 amide bonds. The minimum Gasteiger partial charge on any atom is -0.294 e. The van der Waals surface area contributed by atoms with Crippen molar-refractivity contribution >= 4 is 21.7 Å². The monoisotopic (exact) mass is 306 g/mol. The zero-order chi connectivity index (χ0) is 13.3. The predicted octanol–water partition coefficient (Wildman–Crippen LogP) is 2.41. The molecule has 0 radical (unpaired) electrons. The van der Waals surface area contributed by atoms with Gasteiger partial charge in [-0.2, -0.15) is 5.10 Å². The van der Waals surface area contributed by atoms with Gasteiger partial charge in [0.2, 0.25) is 0 Å². The zero-order valence-corrected chi connectivity index (χ0v) is 11.6. The minimum absolute atomic E-state index is 0.158. The summed E-state index contributed by atoms with van der Waals surface area (Å²) in [5, 5.41) is 4.15. The minimum atomic E-state index is -0.372. The van der Waals surface area contributed by atoms with Crippen molar-refractivity contribution < 1.29 is 4.79 Å². The SMILES string of the molecule is CC(=O)c1cc(-c2ccc(Br)cc2)nn(C)c1=O. The van der Waals surface area contributed by atoms with Crippen LogP contribution in [0, 0.1) is 0 Å². The first-order chi connectivity index (χ1) is 8.49. The molecule has 1 aromatic heterocycles. The summed E-state index contributed by atoms with van der Waals surface area (Å²) in [5.74, 6) is -0.253. The van der Waals surface area contributed by atoms with Gasteiger partial charge < -0.3 is 0 Å². The Kier molecular flexibility index (Phi) is 3.43. The van der Waals surface area contributed by atoms with Crippen molar-refractivity contribution in [3.63, 3.8) is 0 Å². The number of Topliss-reactive ketones (excluding diaryl/α,β-unsaturated/α-hetero) is 1. The van der Waals surface area contributed by atoms with Gasteiger partial charge >= 0.3 is 0 Å². The fraction of sp³-hybridized carbons (Fsp3) is 0.154. The van der Waals surface area contributed by atoms with Crippen molar-refractivity contribution in [3.8, 4) is 11.3 Å². The Hall–Kier alpha value is -1.75. The van der Waals surface area contributed by atoms with E-state index in [1.165, 1.54) is 24.7 Å². The summed E-state index contributed by atoms with van der Waals surface area (Å²) in [5.41, 5.74) is 1.25. The molecule has 0 spiro atoms. The zero-order valence-electron chi connectivity index (χ0n) is 9.98. The number of nitrogens with zero attached hydrogens (tertiary/aromatic N) is 2. The first kappa shape index (κ1) is 12.7. The van der Waals surface area contributed by atoms with Crippen molar-refractivity contribution in [2.24, 2.45) is 7.05 Å². The number of rotatable bonds is 2. The number of aryl methyl sites for hydroxylation is 1. The number of benzene rings is 1. The normalized spacial score (nSPS) is 10.4. The third kappa shape index (κ3) is 2.41. The fourth-order valence-corrected chi connectivity index (χ4v) is 1.89. The highest BCUT2D eigenvalue weighted by atomic mass is 79.9. The number of halogens is 1. The number of hydrogen-bond donors (Lipinski definition) is 0. The van der Waals surface area contributed by atoms with E-state index in [9.17, 15) is 9.59 Å². The van der Waals surface area contributed by atoms with E-state index >= 15 is 0 Å². The maximum atomic E-state index is 11.7. The molecule has 2 aromatic rings. The molecule has 1 aromatic carbocycles. The molecule has 0 aliphatic rings. The summed E-state index contributed by atoms with van der Waals surface area (Å²) < 4.78 is 2.15. The third-order valence-corrected chi connectivity index (χ3v) is 3.11. The fourth-order valence-electron chi connectivity index (χ4n) is 1.62. The van der Waals surface area contributed by atoms with Gasteiger partial charge in [-0.3, -0.25) is 9.59 Å². The van der Waals surface area contributed by atoms with E-state index in [0.29, 0.717) is 5.69 Å². The lowest BCUT2D eigenvalue weighted by Crippen LogP contribution is -2.25. The van der Waals surface area contributed by atoms with Crippen LogP contribution in [0.5, 0.6) is 0 Å². The van der Waals surface area contributed by atoms with Gasteiger partial charge in [0.15, 0.2) is 5.78 Å². The molecular formula is C13H11BrN2O2. The van der Waals surface area contributed by atoms with Crippen LogP contribution in [0.3, 0.4) is 0 Å². The van der Waals surface area contributed by atoms with Crippen LogP contribution < -0.4 is 5.56 Å². The molecule has 92 valence electrons. The third-order valence-electron chi connectivity index (χ3n) is 2.58. The van der Waals surface area contributed by atoms with Gasteiger partial charge in [0.05, 0.1) is 11.3 Å². The molecule has 2 rings (SSSR count). The summed E-state index contributed by atoms with van der Waals surface area (Å²) in [4.78, 5) is 23.1. The largest absolute Gasteiger partial charge is 0.294 e. The van der Waals surface area contributed by atoms with E-state index in [-0.39, 0.29) is 16.9 Å². The topological polar surface area (TPSA) is 52.0 Å². The van der Waals surface area contributed by atoms with Gasteiger partial charge in [-0.25, -0.2) is 4.68 Å². The maximum Gasteiger partial charge on any atom is 0.277 e. The molecule has 0 saturated carbocycles. The molecule has 0 aliphatic heterocycles. The van der Waals surface area contributed by atoms with Crippen LogP contribution in [0.1, 0.15) is 17.3 Å². The van der Waals surface area contributed by atoms with Crippen molar-refractivity contribution in [2.75, 3.05) is 0 Å². The first-order valence-corrected chi connectivity index (χ1v) is 6.13. The lowest BCUT2D eigenvalue weighted by atomic mass is 10.1. The second-order valence-electron chi connectivity index (χ2n) is 3.94. The maximum absolute atomic E-state index is 11.7. The van der Waals surface area contributed by atoms with Gasteiger partial charge in [0, 0.05) is 17.1 Å². The van der Waals surface area contributed by atoms with Gasteiger partial charge in [-0.15, -0.1) is 0 Å². The van der Waals surface area contributed by atoms with Gasteiger partial charge in [0.1, 0.15) is 0 Å². The van der Waals surface area contributed by atoms with Crippen molar-refractivity contribution in [3.05, 3.63) is 50.7 Å². The molecule has 0 fully saturated rings. The molecule has 1 heterocycles. The van der Waals surface area contributed by atoms with E-state index in [1.54, 1.807) is 0 Å². The highest BCUT2D eigenvalue weighted by molar-refractivity contribution is 9.10. The van der Waals surface area contributed by atoms with Gasteiger partial charge in [-0.05, 0) is 25.1 Å². The quantitative estimate of drug-likeness (QED) is 0.801. The summed E-state index contributed by atoms with van der Waals surface area (Å²) in [7, 11) is 1.54. The number of hydrogen-bond acceptors (Lipinski definition) is 3.